The van der Waals surface area contributed by atoms with Crippen LogP contribution in [0.2, 0.25) is 0 Å². The summed E-state index contributed by atoms with van der Waals surface area (Å²) in [7, 11) is 0. The van der Waals surface area contributed by atoms with Gasteiger partial charge in [0.15, 0.2) is 5.78 Å². The molecule has 0 aromatic rings. The molecular weight excluding hydrogens is 1800 g/mol. The van der Waals surface area contributed by atoms with Gasteiger partial charge in [-0.1, -0.05) is 156 Å². The Balaban J connectivity index is 0.000000140. The summed E-state index contributed by atoms with van der Waals surface area (Å²) in [5.74, 6) is 28.9. The van der Waals surface area contributed by atoms with E-state index in [4.69, 9.17) is 18.9 Å². The number of epoxide rings is 1. The Morgan fingerprint density at radius 3 is 0.848 bits per heavy atom. The minimum Gasteiger partial charge on any atom is -0.381 e. The van der Waals surface area contributed by atoms with Crippen molar-refractivity contribution in [2.75, 3.05) is 46.2 Å². The quantitative estimate of drug-likeness (QED) is 0.170. The van der Waals surface area contributed by atoms with Gasteiger partial charge in [0.1, 0.15) is 28.9 Å². The van der Waals surface area contributed by atoms with Crippen molar-refractivity contribution in [2.45, 2.75) is 498 Å². The van der Waals surface area contributed by atoms with Crippen LogP contribution in [0.3, 0.4) is 0 Å². The van der Waals surface area contributed by atoms with Gasteiger partial charge in [0.25, 0.3) is 0 Å². The Hall–Kier alpha value is -2.89. The molecule has 27 fully saturated rings. The highest BCUT2D eigenvalue weighted by Gasteiger charge is 2.65. The van der Waals surface area contributed by atoms with Crippen molar-refractivity contribution < 1.29 is 47.7 Å². The Kier molecular flexibility index (Phi) is 39.8. The smallest absolute Gasteiger partial charge is 0.155 e. The predicted molar refractivity (Wildman–Crippen MR) is 604 cm³/mol. The highest BCUT2D eigenvalue weighted by molar-refractivity contribution is 5.92. The summed E-state index contributed by atoms with van der Waals surface area (Å²) < 4.78 is 20.6. The second kappa shape index (κ2) is 48.5. The first kappa shape index (κ1) is 119. The molecule has 826 valence electrons. The topological polar surface area (TPSA) is 143 Å². The van der Waals surface area contributed by atoms with Gasteiger partial charge in [-0.05, 0) is 532 Å². The van der Waals surface area contributed by atoms with E-state index in [1.807, 2.05) is 6.08 Å². The lowest BCUT2D eigenvalue weighted by Gasteiger charge is -2.56. The third-order valence-corrected chi connectivity index (χ3v) is 49.9. The fraction of sp³-hybridized carbons (Fsp3) is 0.896. The molecule has 10 nitrogen and oxygen atoms in total. The molecular formula is C134H223ClO10. The van der Waals surface area contributed by atoms with Gasteiger partial charge in [-0.15, -0.1) is 12.4 Å². The molecule has 36 atom stereocenters. The predicted octanol–water partition coefficient (Wildman–Crippen LogP) is 35.3. The average molecular weight is 2030 g/mol. The molecule has 0 amide bonds. The Morgan fingerprint density at radius 1 is 0.255 bits per heavy atom. The molecule has 145 heavy (non-hydrogen) atoms. The number of halogens is 1. The Bertz CT molecular complexity index is 4100. The molecule has 24 aliphatic carbocycles. The molecule has 0 radical (unpaired) electrons. The summed E-state index contributed by atoms with van der Waals surface area (Å²) in [4.78, 5) is 72.0. The Morgan fingerprint density at radius 2 is 0.524 bits per heavy atom. The van der Waals surface area contributed by atoms with Crippen LogP contribution in [0.25, 0.3) is 0 Å². The molecule has 23 saturated carbocycles. The highest BCUT2D eigenvalue weighted by Crippen LogP contribution is 2.72. The maximum Gasteiger partial charge on any atom is 0.155 e. The first-order valence-electron chi connectivity index (χ1n) is 60.5. The summed E-state index contributed by atoms with van der Waals surface area (Å²) in [5, 5.41) is 0. The molecule has 4 heterocycles. The maximum atomic E-state index is 12.4. The van der Waals surface area contributed by atoms with Crippen LogP contribution in [0.5, 0.6) is 0 Å². The molecule has 0 aromatic heterocycles. The van der Waals surface area contributed by atoms with E-state index >= 15 is 0 Å². The fourth-order valence-electron chi connectivity index (χ4n) is 42.0. The van der Waals surface area contributed by atoms with Crippen LogP contribution in [0, 0.1) is 215 Å². The van der Waals surface area contributed by atoms with Crippen LogP contribution < -0.4 is 0 Å². The number of ether oxygens (including phenoxy) is 4. The number of carbonyl (C=O) groups is 6. The maximum absolute atomic E-state index is 12.4. The van der Waals surface area contributed by atoms with Gasteiger partial charge in [0.05, 0.1) is 12.2 Å². The lowest BCUT2D eigenvalue weighted by Crippen LogP contribution is -2.49. The first-order chi connectivity index (χ1) is 66.2. The average Bonchev–Trinajstić information content (AvgIpc) is 1.63. The summed E-state index contributed by atoms with van der Waals surface area (Å²) in [5.41, 5.74) is 9.30. The number of rotatable bonds is 0. The lowest BCUT2D eigenvalue weighted by atomic mass is 9.49. The molecule has 28 rings (SSSR count). The van der Waals surface area contributed by atoms with Crippen LogP contribution in [0.4, 0.5) is 0 Å². The summed E-state index contributed by atoms with van der Waals surface area (Å²) in [6.07, 6.45) is 77.0. The van der Waals surface area contributed by atoms with Crippen LogP contribution >= 0.6 is 12.4 Å². The number of hydrogen-bond donors (Lipinski definition) is 0. The zero-order valence-electron chi connectivity index (χ0n) is 90.1. The van der Waals surface area contributed by atoms with E-state index in [1.165, 1.54) is 288 Å². The van der Waals surface area contributed by atoms with Gasteiger partial charge in [0.2, 0.25) is 0 Å². The van der Waals surface area contributed by atoms with E-state index in [0.717, 1.165) is 291 Å². The van der Waals surface area contributed by atoms with E-state index in [1.54, 1.807) is 16.7 Å². The van der Waals surface area contributed by atoms with Gasteiger partial charge >= 0.3 is 0 Å². The monoisotopic (exact) mass is 2030 g/mol. The SMILES string of the molecule is C.C.C.C.C.C.C1CCOC1.C1CCOC1.C1CCOC1.C=C1CC[C@H]2[C@@H]3CC[C@@H]4CC(=O)CC[C@@H]4[C@H]3CC[C@]12C.C=C1CC[C@H]2[C@@H]3CC[C@@H]4CC(C)(C)CC[C@@H]4[C@H]3CC[C@]12C.C=C1CC[C@H]2[C@@H]3CC[C@@H]4CC5(CC[C@@H]4[C@H]3CC[C@]12C)CO5.CC1(C)CC[C@H]2[C@H](CC[C@@H]3[C@@H]2CC[C@]2(C)C(=O)CC[C@@H]32)C1.C[C@]12CC[C@H]3[C@@H](CCC4=CC(=O)CC[C@@H]43)[C@@H]1CCC2=O.C[C@]12CC[C@H]3[C@@H](CC[C@@H]4CC(=O)CC[C@@H]43)[C@@H]1CCC2=O.Cl. The minimum atomic E-state index is -0.00707. The van der Waals surface area contributed by atoms with Gasteiger partial charge in [-0.3, -0.25) is 28.8 Å². The van der Waals surface area contributed by atoms with Crippen LogP contribution in [0.15, 0.2) is 48.1 Å². The molecule has 11 heteroatoms. The molecule has 28 aliphatic rings. The van der Waals surface area contributed by atoms with Crippen LogP contribution in [-0.2, 0) is 47.7 Å². The Labute approximate surface area is 896 Å². The van der Waals surface area contributed by atoms with E-state index < -0.39 is 0 Å². The van der Waals surface area contributed by atoms with E-state index in [9.17, 15) is 28.8 Å². The van der Waals surface area contributed by atoms with Gasteiger partial charge in [-0.25, -0.2) is 0 Å². The normalized spacial score (nSPS) is 46.7. The van der Waals surface area contributed by atoms with Crippen LogP contribution in [-0.4, -0.2) is 86.5 Å². The van der Waals surface area contributed by atoms with Gasteiger partial charge in [0, 0.05) is 107 Å². The molecule has 4 aliphatic heterocycles. The molecule has 1 unspecified atom stereocenters. The largest absolute Gasteiger partial charge is 0.381 e. The number of allylic oxidation sites excluding steroid dienone is 4. The van der Waals surface area contributed by atoms with E-state index in [-0.39, 0.29) is 73.2 Å². The molecule has 0 aromatic carbocycles. The van der Waals surface area contributed by atoms with Gasteiger partial charge in [-0.2, -0.15) is 0 Å². The highest BCUT2D eigenvalue weighted by atomic mass is 35.5. The number of hydrogen-bond acceptors (Lipinski definition) is 10. The fourth-order valence-corrected chi connectivity index (χ4v) is 42.0. The van der Waals surface area contributed by atoms with Crippen molar-refractivity contribution in [3.05, 3.63) is 48.1 Å². The number of Topliss-reactive ketones (excluding diaryl/α,β-unsaturated/α-hetero) is 5. The van der Waals surface area contributed by atoms with Gasteiger partial charge < -0.3 is 18.9 Å². The zero-order chi connectivity index (χ0) is 96.2. The lowest BCUT2D eigenvalue weighted by molar-refractivity contribution is -0.135. The van der Waals surface area contributed by atoms with Crippen molar-refractivity contribution in [1.82, 2.24) is 0 Å². The van der Waals surface area contributed by atoms with Crippen molar-refractivity contribution in [3.8, 4) is 0 Å². The molecule has 0 bridgehead atoms. The summed E-state index contributed by atoms with van der Waals surface area (Å²) >= 11 is 0. The van der Waals surface area contributed by atoms with E-state index in [0.29, 0.717) is 91.0 Å². The number of carbonyl (C=O) groups excluding carboxylic acids is 6. The first-order valence-corrected chi connectivity index (χ1v) is 60.5. The minimum absolute atomic E-state index is 0. The summed E-state index contributed by atoms with van der Waals surface area (Å²) in [6.45, 7) is 44.7. The molecule has 0 N–H and O–H groups in total. The van der Waals surface area contributed by atoms with Crippen molar-refractivity contribution >= 4 is 47.1 Å². The van der Waals surface area contributed by atoms with Crippen LogP contribution in [0.1, 0.15) is 493 Å². The third kappa shape index (κ3) is 23.5. The van der Waals surface area contributed by atoms with Crippen molar-refractivity contribution in [1.29, 1.82) is 0 Å². The second-order valence-electron chi connectivity index (χ2n) is 57.1. The number of ketones is 6. The summed E-state index contributed by atoms with van der Waals surface area (Å²) in [6, 6.07) is 0. The second-order valence-corrected chi connectivity index (χ2v) is 57.1. The van der Waals surface area contributed by atoms with E-state index in [2.05, 4.69) is 89.0 Å². The third-order valence-electron chi connectivity index (χ3n) is 49.9. The number of fused-ring (bicyclic) bond motifs is 30. The standard InChI is InChI=1S/C21H34.C20H30O.C20H32O.C19H28O.C18H26O2.C18H24O2.3C4H8O.6CH4.ClH/c1-14-5-8-19-18-7-6-15-13-20(2,3)11-9-16(15)17(18)10-12-21(14,19)4;1-13-3-6-18-17-5-4-14-11-20(12-21-20)10-8-15(14)16(17)7-9-19(13,18)2;1-19(2)10-8-14-13(12-19)4-5-16-15(14)9-11-20(3)17(16)6-7-18(20)21;1-12-3-8-18-17-6-4-13-11-14(20)5-7-15(13)16(17)9-10-19(12,18)2;2*1-18-9-8-14-13-5-3-12(19)10-11(13)2-4-15(14)16(18)6-7-17(18)20;3*1-2-4-5-3-1;;;;;;;/h15-19H,1,5-13H2,2-4H3;14-18H,1,3-12H2,2H3;13-17H,4-12H2,1-3H3;13,15-18H,1,3-11H2,2H3;11,13-16H,2-10H2,1H3;10,13-16H,2-9H2,1H3;3*1-4H2;6*1H4;1H/t15-,16+,17-,18-,19+,21-;14-,15+,16-,17-,18+,19-,20?;13-,14+,15-,16-,17+,20+;13-,15+,16-,17-,18+,19-;11-,13+,14-,15-,16+,18+;13-,14+,15+,16-,18-;;;;;;;;;;/m111110........../s1. The van der Waals surface area contributed by atoms with Crippen molar-refractivity contribution in [3.63, 3.8) is 0 Å². The van der Waals surface area contributed by atoms with Crippen molar-refractivity contribution in [2.24, 2.45) is 215 Å². The zero-order valence-corrected chi connectivity index (χ0v) is 90.9. The molecule has 4 saturated heterocycles. The molecule has 1 spiro atoms.